The zero-order valence-corrected chi connectivity index (χ0v) is 53.9. The monoisotopic (exact) mass is 1080 g/mol. The minimum Gasteiger partial charge on any atom is -0.334 e. The first-order valence-electron chi connectivity index (χ1n) is 31.6. The van der Waals surface area contributed by atoms with Gasteiger partial charge in [0.15, 0.2) is 0 Å². The number of hydrogen-bond donors (Lipinski definition) is 0. The van der Waals surface area contributed by atoms with Crippen LogP contribution in [-0.2, 0) is 43.3 Å². The summed E-state index contributed by atoms with van der Waals surface area (Å²) in [6.07, 6.45) is 8.21. The SMILES string of the molecule is Cc1cc2c(cc1N1c3ccc(C(C)(C)C)cc3B3c4cc5c(cc4N(c4ccc(C(C)(C)C)cc4-c4ccccc4)c4cc(N6c7ccc(C(C)(C)C)cc7C7(C)CCCCC67C)cc1c43)C(C)(C)CCC5(C)C)C(C)(C)CC2(C)C. The molecule has 7 aromatic carbocycles. The van der Waals surface area contributed by atoms with Crippen LogP contribution in [0.2, 0.25) is 0 Å². The smallest absolute Gasteiger partial charge is 0.252 e. The molecule has 0 radical (unpaired) electrons. The molecule has 0 amide bonds. The number of nitrogens with zero attached hydrogens (tertiary/aromatic N) is 3. The van der Waals surface area contributed by atoms with Crippen molar-refractivity contribution in [1.82, 2.24) is 0 Å². The van der Waals surface area contributed by atoms with Gasteiger partial charge in [0.2, 0.25) is 0 Å². The second kappa shape index (κ2) is 17.5. The van der Waals surface area contributed by atoms with Gasteiger partial charge in [-0.15, -0.1) is 0 Å². The van der Waals surface area contributed by atoms with Gasteiger partial charge in [0.25, 0.3) is 6.71 Å². The lowest BCUT2D eigenvalue weighted by molar-refractivity contribution is 0.195. The Balaban J connectivity index is 1.22. The fourth-order valence-electron chi connectivity index (χ4n) is 17.2. The molecule has 0 spiro atoms. The van der Waals surface area contributed by atoms with Crippen LogP contribution in [0.4, 0.5) is 45.5 Å². The van der Waals surface area contributed by atoms with Crippen LogP contribution in [0, 0.1) is 6.92 Å². The van der Waals surface area contributed by atoms with Gasteiger partial charge in [-0.25, -0.2) is 0 Å². The lowest BCUT2D eigenvalue weighted by Gasteiger charge is -2.51. The molecule has 0 saturated heterocycles. The summed E-state index contributed by atoms with van der Waals surface area (Å²) in [6.45, 7) is 49.1. The molecule has 2 atom stereocenters. The molecule has 6 aliphatic rings. The first-order chi connectivity index (χ1) is 38.2. The highest BCUT2D eigenvalue weighted by atomic mass is 15.3. The molecule has 2 unspecified atom stereocenters. The van der Waals surface area contributed by atoms with Gasteiger partial charge in [0.1, 0.15) is 0 Å². The maximum absolute atomic E-state index is 2.88. The molecule has 13 rings (SSSR count). The quantitative estimate of drug-likeness (QED) is 0.163. The van der Waals surface area contributed by atoms with Crippen molar-refractivity contribution < 1.29 is 0 Å². The highest BCUT2D eigenvalue weighted by Crippen LogP contribution is 2.63. The third-order valence-corrected chi connectivity index (χ3v) is 22.2. The molecular formula is C78H94BN3. The van der Waals surface area contributed by atoms with E-state index >= 15 is 0 Å². The number of benzene rings is 7. The largest absolute Gasteiger partial charge is 0.334 e. The van der Waals surface area contributed by atoms with Crippen molar-refractivity contribution in [2.45, 2.75) is 232 Å². The summed E-state index contributed by atoms with van der Waals surface area (Å²) in [5.74, 6) is 0. The van der Waals surface area contributed by atoms with Gasteiger partial charge in [-0.05, 0) is 204 Å². The zero-order chi connectivity index (χ0) is 58.6. The van der Waals surface area contributed by atoms with Crippen LogP contribution in [-0.4, -0.2) is 12.3 Å². The van der Waals surface area contributed by atoms with Crippen LogP contribution in [0.25, 0.3) is 11.1 Å². The average molecular weight is 1080 g/mol. The maximum Gasteiger partial charge on any atom is 0.252 e. The van der Waals surface area contributed by atoms with Crippen molar-refractivity contribution in [3.05, 3.63) is 171 Å². The van der Waals surface area contributed by atoms with Crippen molar-refractivity contribution in [2.75, 3.05) is 14.7 Å². The highest BCUT2D eigenvalue weighted by molar-refractivity contribution is 7.00. The van der Waals surface area contributed by atoms with E-state index in [0.29, 0.717) is 0 Å². The van der Waals surface area contributed by atoms with Gasteiger partial charge in [-0.2, -0.15) is 0 Å². The van der Waals surface area contributed by atoms with Gasteiger partial charge >= 0.3 is 0 Å². The van der Waals surface area contributed by atoms with Crippen LogP contribution in [0.3, 0.4) is 0 Å². The molecule has 1 saturated carbocycles. The Morgan fingerprint density at radius 3 is 1.50 bits per heavy atom. The molecule has 1 fully saturated rings. The predicted molar refractivity (Wildman–Crippen MR) is 355 cm³/mol. The van der Waals surface area contributed by atoms with E-state index in [4.69, 9.17) is 0 Å². The van der Waals surface area contributed by atoms with Crippen LogP contribution in [0.15, 0.2) is 121 Å². The fourth-order valence-corrected chi connectivity index (χ4v) is 17.2. The van der Waals surface area contributed by atoms with Crippen LogP contribution >= 0.6 is 0 Å². The normalized spacial score (nSPS) is 22.4. The molecule has 0 N–H and O–H groups in total. The number of rotatable bonds is 4. The van der Waals surface area contributed by atoms with Gasteiger partial charge in [0.05, 0.1) is 11.2 Å². The van der Waals surface area contributed by atoms with Crippen LogP contribution < -0.4 is 31.1 Å². The summed E-state index contributed by atoms with van der Waals surface area (Å²) in [7, 11) is 0. The zero-order valence-electron chi connectivity index (χ0n) is 53.9. The average Bonchev–Trinajstić information content (AvgIpc) is 3.91. The summed E-state index contributed by atoms with van der Waals surface area (Å²) in [6, 6.07) is 50.1. The molecule has 424 valence electrons. The van der Waals surface area contributed by atoms with Crippen molar-refractivity contribution >= 4 is 68.6 Å². The molecule has 7 aromatic rings. The van der Waals surface area contributed by atoms with Gasteiger partial charge in [-0.1, -0.05) is 210 Å². The molecule has 0 aromatic heterocycles. The van der Waals surface area contributed by atoms with Crippen molar-refractivity contribution in [1.29, 1.82) is 0 Å². The second-order valence-electron chi connectivity index (χ2n) is 32.9. The van der Waals surface area contributed by atoms with E-state index in [1.807, 2.05) is 0 Å². The summed E-state index contributed by atoms with van der Waals surface area (Å²) in [5.41, 5.74) is 29.9. The molecular weight excluding hydrogens is 990 g/mol. The van der Waals surface area contributed by atoms with E-state index in [0.717, 1.165) is 25.7 Å². The molecule has 4 heteroatoms. The molecule has 3 aliphatic heterocycles. The Morgan fingerprint density at radius 2 is 0.890 bits per heavy atom. The fraction of sp³-hybridized carbons (Fsp3) is 0.462. The summed E-state index contributed by atoms with van der Waals surface area (Å²) in [4.78, 5) is 8.44. The van der Waals surface area contributed by atoms with Crippen molar-refractivity contribution in [3.8, 4) is 11.1 Å². The molecule has 3 nitrogen and oxygen atoms in total. The van der Waals surface area contributed by atoms with E-state index in [2.05, 4.69) is 275 Å². The standard InChI is InChI=1S/C78H94BN3/c1-48-38-55-58(76(17,18)47-75(55,15)16)45-65(48)81-64-33-30-52(72(8,9)10)41-60(64)79-61-44-56-57(74(13,14)37-36-73(56,11)12)46-66(61)80(62-31-28-50(70(2,3)4)39-54(62)49-26-22-21-23-27-49)67-42-53(43-68(81)69(67)79)82-63-32-29-51(71(5,6)7)40-59(63)77(19)34-24-25-35-78(77,82)20/h21-23,26-33,38-46H,24-25,34-37,47H2,1-20H3. The van der Waals surface area contributed by atoms with E-state index in [1.165, 1.54) is 142 Å². The Kier molecular flexibility index (Phi) is 11.8. The Morgan fingerprint density at radius 1 is 0.402 bits per heavy atom. The third kappa shape index (κ3) is 8.00. The van der Waals surface area contributed by atoms with Crippen LogP contribution in [0.1, 0.15) is 227 Å². The Labute approximate surface area is 495 Å². The second-order valence-corrected chi connectivity index (χ2v) is 32.9. The number of aryl methyl sites for hydroxylation is 1. The van der Waals surface area contributed by atoms with Gasteiger partial charge in [-0.3, -0.25) is 0 Å². The summed E-state index contributed by atoms with van der Waals surface area (Å²) >= 11 is 0. The van der Waals surface area contributed by atoms with Crippen molar-refractivity contribution in [2.24, 2.45) is 0 Å². The van der Waals surface area contributed by atoms with Gasteiger partial charge < -0.3 is 14.7 Å². The lowest BCUT2D eigenvalue weighted by Crippen LogP contribution is -2.62. The first-order valence-corrected chi connectivity index (χ1v) is 31.6. The Bertz CT molecular complexity index is 3810. The lowest BCUT2D eigenvalue weighted by atomic mass is 9.33. The van der Waals surface area contributed by atoms with Gasteiger partial charge in [0, 0.05) is 50.8 Å². The molecule has 82 heavy (non-hydrogen) atoms. The van der Waals surface area contributed by atoms with E-state index in [1.54, 1.807) is 0 Å². The number of anilines is 8. The first kappa shape index (κ1) is 55.2. The third-order valence-electron chi connectivity index (χ3n) is 22.2. The maximum atomic E-state index is 2.88. The van der Waals surface area contributed by atoms with E-state index in [-0.39, 0.29) is 55.6 Å². The van der Waals surface area contributed by atoms with E-state index in [9.17, 15) is 0 Å². The molecule has 0 bridgehead atoms. The highest BCUT2D eigenvalue weighted by Gasteiger charge is 2.59. The molecule has 3 heterocycles. The molecule has 3 aliphatic carbocycles. The number of hydrogen-bond acceptors (Lipinski definition) is 3. The summed E-state index contributed by atoms with van der Waals surface area (Å²) < 4.78 is 0. The topological polar surface area (TPSA) is 9.72 Å². The Hall–Kier alpha value is -6.00. The van der Waals surface area contributed by atoms with Crippen molar-refractivity contribution in [3.63, 3.8) is 0 Å². The van der Waals surface area contributed by atoms with Crippen LogP contribution in [0.5, 0.6) is 0 Å². The summed E-state index contributed by atoms with van der Waals surface area (Å²) in [5, 5.41) is 0. The minimum absolute atomic E-state index is 0.00347. The van der Waals surface area contributed by atoms with E-state index < -0.39 is 0 Å². The minimum atomic E-state index is -0.168. The number of fused-ring (bicyclic) bond motifs is 9. The predicted octanol–water partition coefficient (Wildman–Crippen LogP) is 19.7.